The lowest BCUT2D eigenvalue weighted by Crippen LogP contribution is -2.20. The molecule has 3 aromatic carbocycles. The molecule has 1 aliphatic rings. The van der Waals surface area contributed by atoms with E-state index < -0.39 is 0 Å². The first-order valence-electron chi connectivity index (χ1n) is 7.79. The van der Waals surface area contributed by atoms with Crippen LogP contribution in [0.3, 0.4) is 0 Å². The summed E-state index contributed by atoms with van der Waals surface area (Å²) < 4.78 is 6.06. The van der Waals surface area contributed by atoms with E-state index in [0.717, 1.165) is 16.4 Å². The second-order valence-electron chi connectivity index (χ2n) is 6.02. The van der Waals surface area contributed by atoms with E-state index in [1.54, 1.807) is 43.3 Å². The first-order valence-corrected chi connectivity index (χ1v) is 8.17. The highest BCUT2D eigenvalue weighted by molar-refractivity contribution is 6.30. The number of hydrogen-bond acceptors (Lipinski definition) is 3. The normalized spacial score (nSPS) is 12.3. The van der Waals surface area contributed by atoms with Crippen molar-refractivity contribution in [1.29, 1.82) is 0 Å². The van der Waals surface area contributed by atoms with E-state index in [1.165, 1.54) is 0 Å². The molecule has 0 fully saturated rings. The molecule has 0 atom stereocenters. The topological polar surface area (TPSA) is 49.7 Å². The lowest BCUT2D eigenvalue weighted by atomic mass is 9.90. The monoisotopic (exact) mass is 350 g/mol. The molecule has 4 heteroatoms. The highest BCUT2D eigenvalue weighted by Gasteiger charge is 2.24. The van der Waals surface area contributed by atoms with Gasteiger partial charge in [0.1, 0.15) is 23.0 Å². The van der Waals surface area contributed by atoms with Crippen molar-refractivity contribution >= 4 is 23.8 Å². The lowest BCUT2D eigenvalue weighted by molar-refractivity contribution is 0.442. The van der Waals surface area contributed by atoms with Gasteiger partial charge in [0.05, 0.1) is 0 Å². The van der Waals surface area contributed by atoms with Gasteiger partial charge in [-0.2, -0.15) is 0 Å². The second kappa shape index (κ2) is 5.57. The Morgan fingerprint density at radius 2 is 1.72 bits per heavy atom. The van der Waals surface area contributed by atoms with Crippen molar-refractivity contribution in [3.05, 3.63) is 80.7 Å². The van der Waals surface area contributed by atoms with Crippen LogP contribution in [0.15, 0.2) is 48.5 Å². The Kier molecular flexibility index (Phi) is 3.48. The Labute approximate surface area is 149 Å². The molecule has 0 saturated heterocycles. The molecule has 124 valence electrons. The summed E-state index contributed by atoms with van der Waals surface area (Å²) in [5, 5.41) is 22.4. The van der Waals surface area contributed by atoms with E-state index >= 15 is 0 Å². The predicted octanol–water partition coefficient (Wildman–Crippen LogP) is 3.82. The molecule has 0 radical (unpaired) electrons. The molecular weight excluding hydrogens is 336 g/mol. The molecule has 3 nitrogen and oxygen atoms in total. The van der Waals surface area contributed by atoms with Crippen LogP contribution in [0, 0.1) is 6.92 Å². The molecule has 0 aromatic heterocycles. The highest BCUT2D eigenvalue weighted by atomic mass is 35.5. The molecule has 25 heavy (non-hydrogen) atoms. The Hall–Kier alpha value is -2.91. The summed E-state index contributed by atoms with van der Waals surface area (Å²) in [4.78, 5) is 0. The van der Waals surface area contributed by atoms with Crippen molar-refractivity contribution in [1.82, 2.24) is 0 Å². The molecule has 0 spiro atoms. The van der Waals surface area contributed by atoms with E-state index in [0.29, 0.717) is 32.9 Å². The number of phenolic OH excluding ortho intramolecular Hbond substituents is 2. The van der Waals surface area contributed by atoms with Gasteiger partial charge < -0.3 is 14.9 Å². The van der Waals surface area contributed by atoms with Crippen LogP contribution in [0.25, 0.3) is 12.2 Å². The number of fused-ring (bicyclic) bond motifs is 2. The summed E-state index contributed by atoms with van der Waals surface area (Å²) >= 11 is 6.29. The third-order valence-corrected chi connectivity index (χ3v) is 4.80. The van der Waals surface area contributed by atoms with Gasteiger partial charge in [-0.25, -0.2) is 0 Å². The second-order valence-corrected chi connectivity index (χ2v) is 6.43. The highest BCUT2D eigenvalue weighted by Crippen LogP contribution is 2.42. The average Bonchev–Trinajstić information content (AvgIpc) is 2.59. The van der Waals surface area contributed by atoms with Crippen molar-refractivity contribution in [2.75, 3.05) is 0 Å². The van der Waals surface area contributed by atoms with E-state index in [4.69, 9.17) is 16.3 Å². The molecule has 2 N–H and O–H groups in total. The Bertz CT molecular complexity index is 1130. The summed E-state index contributed by atoms with van der Waals surface area (Å²) in [5.74, 6) is 1.47. The molecule has 4 rings (SSSR count). The van der Waals surface area contributed by atoms with Crippen LogP contribution >= 0.6 is 11.6 Å². The molecule has 1 aliphatic heterocycles. The summed E-state index contributed by atoms with van der Waals surface area (Å²) in [7, 11) is 0. The van der Waals surface area contributed by atoms with Crippen LogP contribution in [0.1, 0.15) is 16.7 Å². The summed E-state index contributed by atoms with van der Waals surface area (Å²) in [5.41, 5.74) is 2.90. The number of aromatic hydroxyl groups is 2. The van der Waals surface area contributed by atoms with Gasteiger partial charge >= 0.3 is 0 Å². The maximum atomic E-state index is 10.4. The zero-order valence-electron chi connectivity index (χ0n) is 13.5. The third kappa shape index (κ3) is 2.36. The minimum absolute atomic E-state index is 0.155. The summed E-state index contributed by atoms with van der Waals surface area (Å²) in [6.45, 7) is 5.71. The number of para-hydroxylation sites is 1. The number of rotatable bonds is 1. The standard InChI is InChI=1S/C21H15ClO3/c1-11-9-19-15(10-16(11)22)20(13-5-3-4-6-18(13)24)14-7-8-17(23)12(2)21(14)25-19/h3-10,23-24H,1H2,2H3. The maximum absolute atomic E-state index is 10.4. The fraction of sp³-hybridized carbons (Fsp3) is 0.0476. The van der Waals surface area contributed by atoms with Gasteiger partial charge in [-0.1, -0.05) is 36.4 Å². The van der Waals surface area contributed by atoms with Crippen LogP contribution < -0.4 is 15.2 Å². The van der Waals surface area contributed by atoms with Gasteiger partial charge in [-0.05, 0) is 42.5 Å². The minimum atomic E-state index is 0.155. The SMILES string of the molecule is C=c1cc2c(cc1Cl)=C(c1ccccc1O)c1ccc(O)c(C)c1O2. The van der Waals surface area contributed by atoms with Gasteiger partial charge in [0.15, 0.2) is 0 Å². The van der Waals surface area contributed by atoms with Crippen molar-refractivity contribution in [3.63, 3.8) is 0 Å². The number of benzene rings is 3. The van der Waals surface area contributed by atoms with Crippen LogP contribution in [-0.4, -0.2) is 10.2 Å². The van der Waals surface area contributed by atoms with Crippen molar-refractivity contribution in [2.24, 2.45) is 0 Å². The van der Waals surface area contributed by atoms with Crippen LogP contribution in [0.2, 0.25) is 5.02 Å². The lowest BCUT2D eigenvalue weighted by Gasteiger charge is -2.23. The van der Waals surface area contributed by atoms with Crippen molar-refractivity contribution in [2.45, 2.75) is 6.92 Å². The molecule has 3 aromatic rings. The van der Waals surface area contributed by atoms with Gasteiger partial charge in [0.25, 0.3) is 0 Å². The Morgan fingerprint density at radius 3 is 2.48 bits per heavy atom. The van der Waals surface area contributed by atoms with Gasteiger partial charge in [0.2, 0.25) is 0 Å². The van der Waals surface area contributed by atoms with Crippen molar-refractivity contribution in [3.8, 4) is 23.0 Å². The van der Waals surface area contributed by atoms with Gasteiger partial charge in [-0.15, -0.1) is 0 Å². The quantitative estimate of drug-likeness (QED) is 0.548. The molecule has 0 saturated carbocycles. The van der Waals surface area contributed by atoms with Gasteiger partial charge in [0, 0.05) is 32.5 Å². The summed E-state index contributed by atoms with van der Waals surface area (Å²) in [6.07, 6.45) is 0. The van der Waals surface area contributed by atoms with E-state index in [2.05, 4.69) is 6.58 Å². The first-order chi connectivity index (χ1) is 12.0. The predicted molar refractivity (Wildman–Crippen MR) is 98.9 cm³/mol. The van der Waals surface area contributed by atoms with E-state index in [9.17, 15) is 10.2 Å². The molecule has 0 amide bonds. The maximum Gasteiger partial charge on any atom is 0.141 e. The fourth-order valence-corrected chi connectivity index (χ4v) is 3.28. The van der Waals surface area contributed by atoms with Gasteiger partial charge in [-0.3, -0.25) is 0 Å². The van der Waals surface area contributed by atoms with E-state index in [-0.39, 0.29) is 11.5 Å². The fourth-order valence-electron chi connectivity index (χ4n) is 3.12. The largest absolute Gasteiger partial charge is 0.508 e. The minimum Gasteiger partial charge on any atom is -0.508 e. The Morgan fingerprint density at radius 1 is 0.960 bits per heavy atom. The van der Waals surface area contributed by atoms with E-state index in [1.807, 2.05) is 12.1 Å². The molecule has 1 heterocycles. The number of phenols is 2. The number of halogens is 1. The molecule has 0 unspecified atom stereocenters. The first kappa shape index (κ1) is 15.6. The molecular formula is C21H15ClO3. The number of hydrogen-bond donors (Lipinski definition) is 2. The average molecular weight is 351 g/mol. The smallest absolute Gasteiger partial charge is 0.141 e. The van der Waals surface area contributed by atoms with Crippen molar-refractivity contribution < 1.29 is 14.9 Å². The Balaban J connectivity index is 2.21. The summed E-state index contributed by atoms with van der Waals surface area (Å²) in [6, 6.07) is 14.1. The zero-order valence-corrected chi connectivity index (χ0v) is 14.3. The van der Waals surface area contributed by atoms with Crippen LogP contribution in [-0.2, 0) is 0 Å². The zero-order chi connectivity index (χ0) is 17.7. The number of ether oxygens (including phenoxy) is 1. The third-order valence-electron chi connectivity index (χ3n) is 4.45. The molecule has 0 bridgehead atoms. The molecule has 0 aliphatic carbocycles. The van der Waals surface area contributed by atoms with Crippen LogP contribution in [0.4, 0.5) is 0 Å². The van der Waals surface area contributed by atoms with Crippen LogP contribution in [0.5, 0.6) is 23.0 Å².